The molecule has 166 valence electrons. The number of benzene rings is 1. The molecule has 0 saturated carbocycles. The van der Waals surface area contributed by atoms with Crippen molar-refractivity contribution in [3.8, 4) is 11.5 Å². The number of rotatable bonds is 6. The summed E-state index contributed by atoms with van der Waals surface area (Å²) in [6.45, 7) is 10.7. The number of anilines is 1. The summed E-state index contributed by atoms with van der Waals surface area (Å²) in [5.41, 5.74) is 5.01. The first-order valence-electron chi connectivity index (χ1n) is 11.2. The van der Waals surface area contributed by atoms with Gasteiger partial charge in [0.15, 0.2) is 11.6 Å². The van der Waals surface area contributed by atoms with Gasteiger partial charge in [-0.25, -0.2) is 9.97 Å². The number of nitrogens with zero attached hydrogens (tertiary/aromatic N) is 4. The Balaban J connectivity index is 1.61. The lowest BCUT2D eigenvalue weighted by molar-refractivity contribution is -0.124. The first-order valence-corrected chi connectivity index (χ1v) is 11.2. The van der Waals surface area contributed by atoms with Crippen molar-refractivity contribution in [1.29, 1.82) is 0 Å². The molecule has 0 spiro atoms. The predicted octanol–water partition coefficient (Wildman–Crippen LogP) is 4.43. The molecule has 0 bridgehead atoms. The Morgan fingerprint density at radius 1 is 1.09 bits per heavy atom. The Hall–Kier alpha value is -3.12. The van der Waals surface area contributed by atoms with Crippen LogP contribution in [0.15, 0.2) is 48.7 Å². The van der Waals surface area contributed by atoms with Gasteiger partial charge in [-0.05, 0) is 31.0 Å². The van der Waals surface area contributed by atoms with E-state index in [1.165, 1.54) is 11.1 Å². The highest BCUT2D eigenvalue weighted by Gasteiger charge is 2.25. The van der Waals surface area contributed by atoms with Gasteiger partial charge < -0.3 is 5.32 Å². The molecule has 4 rings (SSSR count). The van der Waals surface area contributed by atoms with Crippen molar-refractivity contribution in [2.45, 2.75) is 47.2 Å². The number of ketones is 1. The molecule has 1 aliphatic rings. The predicted molar refractivity (Wildman–Crippen MR) is 127 cm³/mol. The molecule has 2 aromatic heterocycles. The highest BCUT2D eigenvalue weighted by molar-refractivity contribution is 5.87. The van der Waals surface area contributed by atoms with Gasteiger partial charge in [0.1, 0.15) is 11.5 Å². The lowest BCUT2D eigenvalue weighted by Gasteiger charge is -2.29. The number of carbonyl (C=O) groups is 1. The summed E-state index contributed by atoms with van der Waals surface area (Å²) in [5.74, 6) is 1.50. The van der Waals surface area contributed by atoms with E-state index in [-0.39, 0.29) is 12.3 Å². The standard InChI is InChI=1S/C26H31N5O/c1-18-8-10-19(11-9-18)16-31-14-12-20-22(17-31)29-25(21-7-5-6-13-27-21)30-24(20)28-15-23(32)26(2,3)4/h5-11,13H,12,14-17H2,1-4H3,(H,28,29,30). The molecule has 1 N–H and O–H groups in total. The van der Waals surface area contributed by atoms with Crippen molar-refractivity contribution in [2.24, 2.45) is 5.41 Å². The zero-order valence-corrected chi connectivity index (χ0v) is 19.4. The van der Waals surface area contributed by atoms with Crippen LogP contribution in [0.5, 0.6) is 0 Å². The number of hydrogen-bond donors (Lipinski definition) is 1. The van der Waals surface area contributed by atoms with Crippen LogP contribution < -0.4 is 5.32 Å². The Morgan fingerprint density at radius 2 is 1.88 bits per heavy atom. The fourth-order valence-electron chi connectivity index (χ4n) is 3.76. The molecule has 1 aliphatic heterocycles. The second kappa shape index (κ2) is 9.17. The molecule has 0 amide bonds. The maximum atomic E-state index is 12.5. The minimum Gasteiger partial charge on any atom is -0.363 e. The lowest BCUT2D eigenvalue weighted by atomic mass is 9.91. The summed E-state index contributed by atoms with van der Waals surface area (Å²) in [4.78, 5) is 29.0. The number of hydrogen-bond acceptors (Lipinski definition) is 6. The van der Waals surface area contributed by atoms with E-state index < -0.39 is 5.41 Å². The summed E-state index contributed by atoms with van der Waals surface area (Å²) in [6, 6.07) is 14.4. The van der Waals surface area contributed by atoms with Gasteiger partial charge in [-0.2, -0.15) is 0 Å². The van der Waals surface area contributed by atoms with E-state index in [1.54, 1.807) is 6.20 Å². The SMILES string of the molecule is Cc1ccc(CN2CCc3c(nc(-c4ccccn4)nc3NCC(=O)C(C)(C)C)C2)cc1. The van der Waals surface area contributed by atoms with Crippen LogP contribution in [-0.2, 0) is 24.3 Å². The molecule has 0 atom stereocenters. The molecule has 6 nitrogen and oxygen atoms in total. The highest BCUT2D eigenvalue weighted by Crippen LogP contribution is 2.28. The van der Waals surface area contributed by atoms with Crippen LogP contribution >= 0.6 is 0 Å². The minimum atomic E-state index is -0.394. The van der Waals surface area contributed by atoms with Crippen LogP contribution in [0, 0.1) is 12.3 Å². The average molecular weight is 430 g/mol. The van der Waals surface area contributed by atoms with Crippen LogP contribution in [-0.4, -0.2) is 38.7 Å². The monoisotopic (exact) mass is 429 g/mol. The van der Waals surface area contributed by atoms with Gasteiger partial charge in [0.05, 0.1) is 12.2 Å². The number of Topliss-reactive ketones (excluding diaryl/α,β-unsaturated/α-hetero) is 1. The summed E-state index contributed by atoms with van der Waals surface area (Å²) in [7, 11) is 0. The Kier molecular flexibility index (Phi) is 6.33. The summed E-state index contributed by atoms with van der Waals surface area (Å²) in [5, 5.41) is 3.31. The van der Waals surface area contributed by atoms with Gasteiger partial charge >= 0.3 is 0 Å². The van der Waals surface area contributed by atoms with Crippen molar-refractivity contribution in [3.05, 3.63) is 71.0 Å². The van der Waals surface area contributed by atoms with Crippen molar-refractivity contribution < 1.29 is 4.79 Å². The van der Waals surface area contributed by atoms with E-state index in [4.69, 9.17) is 9.97 Å². The summed E-state index contributed by atoms with van der Waals surface area (Å²) in [6.07, 6.45) is 2.59. The minimum absolute atomic E-state index is 0.154. The van der Waals surface area contributed by atoms with Crippen molar-refractivity contribution >= 4 is 11.6 Å². The number of carbonyl (C=O) groups excluding carboxylic acids is 1. The van der Waals surface area contributed by atoms with Gasteiger partial charge in [-0.3, -0.25) is 14.7 Å². The zero-order chi connectivity index (χ0) is 22.7. The maximum Gasteiger partial charge on any atom is 0.180 e. The fourth-order valence-corrected chi connectivity index (χ4v) is 3.76. The molecule has 0 unspecified atom stereocenters. The third kappa shape index (κ3) is 5.19. The molecule has 0 saturated heterocycles. The lowest BCUT2D eigenvalue weighted by Crippen LogP contribution is -2.33. The van der Waals surface area contributed by atoms with Gasteiger partial charge in [0.2, 0.25) is 0 Å². The average Bonchev–Trinajstić information content (AvgIpc) is 2.78. The Morgan fingerprint density at radius 3 is 2.56 bits per heavy atom. The first kappa shape index (κ1) is 22.1. The Bertz CT molecular complexity index is 1090. The molecule has 0 fully saturated rings. The third-order valence-corrected chi connectivity index (χ3v) is 5.82. The summed E-state index contributed by atoms with van der Waals surface area (Å²) >= 11 is 0. The molecule has 3 heterocycles. The van der Waals surface area contributed by atoms with Crippen LogP contribution in [0.3, 0.4) is 0 Å². The molecule has 0 aliphatic carbocycles. The quantitative estimate of drug-likeness (QED) is 0.625. The molecule has 1 aromatic carbocycles. The number of aryl methyl sites for hydroxylation is 1. The van der Waals surface area contributed by atoms with Crippen molar-refractivity contribution in [2.75, 3.05) is 18.4 Å². The van der Waals surface area contributed by atoms with E-state index in [2.05, 4.69) is 46.4 Å². The Labute approximate surface area is 190 Å². The normalized spacial score (nSPS) is 14.1. The van der Waals surface area contributed by atoms with Crippen LogP contribution in [0.25, 0.3) is 11.5 Å². The smallest absolute Gasteiger partial charge is 0.180 e. The van der Waals surface area contributed by atoms with Crippen molar-refractivity contribution in [1.82, 2.24) is 19.9 Å². The number of nitrogens with one attached hydrogen (secondary N) is 1. The second-order valence-corrected chi connectivity index (χ2v) is 9.51. The van der Waals surface area contributed by atoms with Crippen molar-refractivity contribution in [3.63, 3.8) is 0 Å². The van der Waals surface area contributed by atoms with E-state index in [9.17, 15) is 4.79 Å². The topological polar surface area (TPSA) is 71.0 Å². The van der Waals surface area contributed by atoms with Crippen LogP contribution in [0.4, 0.5) is 5.82 Å². The molecule has 0 radical (unpaired) electrons. The molecule has 6 heteroatoms. The third-order valence-electron chi connectivity index (χ3n) is 5.82. The summed E-state index contributed by atoms with van der Waals surface area (Å²) < 4.78 is 0. The molecule has 3 aromatic rings. The second-order valence-electron chi connectivity index (χ2n) is 9.51. The fraction of sp³-hybridized carbons (Fsp3) is 0.385. The number of fused-ring (bicyclic) bond motifs is 1. The highest BCUT2D eigenvalue weighted by atomic mass is 16.1. The van der Waals surface area contributed by atoms with Crippen LogP contribution in [0.2, 0.25) is 0 Å². The van der Waals surface area contributed by atoms with E-state index in [0.717, 1.165) is 48.8 Å². The maximum absolute atomic E-state index is 12.5. The number of aromatic nitrogens is 3. The first-order chi connectivity index (χ1) is 15.3. The molecular formula is C26H31N5O. The zero-order valence-electron chi connectivity index (χ0n) is 19.4. The van der Waals surface area contributed by atoms with E-state index in [0.29, 0.717) is 5.82 Å². The van der Waals surface area contributed by atoms with Crippen LogP contribution in [0.1, 0.15) is 43.2 Å². The van der Waals surface area contributed by atoms with Gasteiger partial charge in [-0.15, -0.1) is 0 Å². The van der Waals surface area contributed by atoms with Gasteiger partial charge in [-0.1, -0.05) is 56.7 Å². The largest absolute Gasteiger partial charge is 0.363 e. The number of pyridine rings is 1. The van der Waals surface area contributed by atoms with Gasteiger partial charge in [0, 0.05) is 36.8 Å². The van der Waals surface area contributed by atoms with E-state index in [1.807, 2.05) is 39.0 Å². The molecular weight excluding hydrogens is 398 g/mol. The molecule has 32 heavy (non-hydrogen) atoms. The van der Waals surface area contributed by atoms with Gasteiger partial charge in [0.25, 0.3) is 0 Å². The van der Waals surface area contributed by atoms with E-state index >= 15 is 0 Å².